The van der Waals surface area contributed by atoms with Crippen molar-refractivity contribution in [3.05, 3.63) is 27.4 Å². The SMILES string of the molecule is Cc1nc2n(c(=O)c1CCS)CCCC2. The number of aromatic nitrogens is 2. The molecular weight excluding hydrogens is 208 g/mol. The van der Waals surface area contributed by atoms with Crippen LogP contribution in [0.3, 0.4) is 0 Å². The van der Waals surface area contributed by atoms with Gasteiger partial charge in [0.2, 0.25) is 0 Å². The molecule has 0 bridgehead atoms. The van der Waals surface area contributed by atoms with Crippen LogP contribution in [0.2, 0.25) is 0 Å². The highest BCUT2D eigenvalue weighted by molar-refractivity contribution is 7.80. The smallest absolute Gasteiger partial charge is 0.256 e. The second-order valence-corrected chi connectivity index (χ2v) is 4.43. The fourth-order valence-electron chi connectivity index (χ4n) is 2.13. The van der Waals surface area contributed by atoms with E-state index in [-0.39, 0.29) is 5.56 Å². The minimum absolute atomic E-state index is 0.159. The van der Waals surface area contributed by atoms with Crippen LogP contribution in [-0.2, 0) is 19.4 Å². The van der Waals surface area contributed by atoms with Crippen LogP contribution in [0.5, 0.6) is 0 Å². The largest absolute Gasteiger partial charge is 0.296 e. The van der Waals surface area contributed by atoms with E-state index in [1.807, 2.05) is 11.5 Å². The van der Waals surface area contributed by atoms with Crippen LogP contribution in [0.4, 0.5) is 0 Å². The molecule has 0 aromatic carbocycles. The fraction of sp³-hybridized carbons (Fsp3) is 0.636. The van der Waals surface area contributed by atoms with Crippen molar-refractivity contribution in [2.75, 3.05) is 5.75 Å². The third-order valence-electron chi connectivity index (χ3n) is 2.94. The van der Waals surface area contributed by atoms with Crippen LogP contribution in [0.25, 0.3) is 0 Å². The Morgan fingerprint density at radius 1 is 1.47 bits per heavy atom. The molecule has 0 atom stereocenters. The van der Waals surface area contributed by atoms with Crippen molar-refractivity contribution < 1.29 is 0 Å². The predicted octanol–water partition coefficient (Wildman–Crippen LogP) is 1.36. The summed E-state index contributed by atoms with van der Waals surface area (Å²) in [5, 5.41) is 0. The van der Waals surface area contributed by atoms with Gasteiger partial charge in [-0.2, -0.15) is 12.6 Å². The zero-order chi connectivity index (χ0) is 10.8. The topological polar surface area (TPSA) is 34.9 Å². The van der Waals surface area contributed by atoms with Crippen molar-refractivity contribution in [3.8, 4) is 0 Å². The van der Waals surface area contributed by atoms with Crippen molar-refractivity contribution in [1.82, 2.24) is 9.55 Å². The highest BCUT2D eigenvalue weighted by atomic mass is 32.1. The first-order valence-corrected chi connectivity index (χ1v) is 6.07. The molecule has 0 amide bonds. The van der Waals surface area contributed by atoms with E-state index >= 15 is 0 Å². The lowest BCUT2D eigenvalue weighted by atomic mass is 10.1. The average molecular weight is 224 g/mol. The third kappa shape index (κ3) is 1.95. The first-order valence-electron chi connectivity index (χ1n) is 5.44. The van der Waals surface area contributed by atoms with Crippen LogP contribution < -0.4 is 5.56 Å². The molecular formula is C11H16N2OS. The van der Waals surface area contributed by atoms with E-state index in [0.717, 1.165) is 49.3 Å². The molecule has 0 spiro atoms. The Balaban J connectivity index is 2.54. The van der Waals surface area contributed by atoms with Crippen LogP contribution in [0.1, 0.15) is 29.9 Å². The molecule has 0 unspecified atom stereocenters. The van der Waals surface area contributed by atoms with E-state index in [1.165, 1.54) is 0 Å². The summed E-state index contributed by atoms with van der Waals surface area (Å²) in [5.41, 5.74) is 1.89. The van der Waals surface area contributed by atoms with Gasteiger partial charge >= 0.3 is 0 Å². The molecule has 1 aromatic heterocycles. The molecule has 0 aliphatic carbocycles. The maximum atomic E-state index is 12.1. The van der Waals surface area contributed by atoms with Gasteiger partial charge in [-0.1, -0.05) is 0 Å². The number of hydrogen-bond donors (Lipinski definition) is 1. The van der Waals surface area contributed by atoms with Crippen molar-refractivity contribution >= 4 is 12.6 Å². The lowest BCUT2D eigenvalue weighted by Gasteiger charge is -2.19. The van der Waals surface area contributed by atoms with Gasteiger partial charge in [0, 0.05) is 24.2 Å². The van der Waals surface area contributed by atoms with Gasteiger partial charge in [0.1, 0.15) is 5.82 Å². The molecule has 0 radical (unpaired) electrons. The summed E-state index contributed by atoms with van der Waals surface area (Å²) in [6.07, 6.45) is 3.91. The van der Waals surface area contributed by atoms with Gasteiger partial charge < -0.3 is 0 Å². The monoisotopic (exact) mass is 224 g/mol. The Bertz CT molecular complexity index is 425. The maximum Gasteiger partial charge on any atom is 0.256 e. The summed E-state index contributed by atoms with van der Waals surface area (Å²) in [4.78, 5) is 16.6. The molecule has 2 rings (SSSR count). The lowest BCUT2D eigenvalue weighted by Crippen LogP contribution is -2.32. The summed E-state index contributed by atoms with van der Waals surface area (Å²) in [5.74, 6) is 1.67. The number of fused-ring (bicyclic) bond motifs is 1. The molecule has 1 aliphatic rings. The van der Waals surface area contributed by atoms with Crippen molar-refractivity contribution in [3.63, 3.8) is 0 Å². The van der Waals surface area contributed by atoms with Crippen LogP contribution in [0, 0.1) is 6.92 Å². The Morgan fingerprint density at radius 2 is 2.27 bits per heavy atom. The van der Waals surface area contributed by atoms with Gasteiger partial charge in [0.15, 0.2) is 0 Å². The third-order valence-corrected chi connectivity index (χ3v) is 3.17. The van der Waals surface area contributed by atoms with E-state index in [4.69, 9.17) is 0 Å². The molecule has 15 heavy (non-hydrogen) atoms. The number of hydrogen-bond acceptors (Lipinski definition) is 3. The first kappa shape index (κ1) is 10.7. The van der Waals surface area contributed by atoms with E-state index in [9.17, 15) is 4.79 Å². The fourth-order valence-corrected chi connectivity index (χ4v) is 2.35. The van der Waals surface area contributed by atoms with Gasteiger partial charge in [0.05, 0.1) is 0 Å². The Hall–Kier alpha value is -0.770. The van der Waals surface area contributed by atoms with E-state index in [1.54, 1.807) is 0 Å². The summed E-state index contributed by atoms with van der Waals surface area (Å²) < 4.78 is 1.84. The number of rotatable bonds is 2. The Kier molecular flexibility index (Phi) is 3.14. The van der Waals surface area contributed by atoms with Gasteiger partial charge in [-0.3, -0.25) is 9.36 Å². The second-order valence-electron chi connectivity index (χ2n) is 3.98. The number of nitrogens with zero attached hydrogens (tertiary/aromatic N) is 2. The Morgan fingerprint density at radius 3 is 3.00 bits per heavy atom. The molecule has 2 heterocycles. The summed E-state index contributed by atoms with van der Waals surface area (Å²) in [7, 11) is 0. The van der Waals surface area contributed by atoms with Gasteiger partial charge in [0.25, 0.3) is 5.56 Å². The summed E-state index contributed by atoms with van der Waals surface area (Å²) >= 11 is 4.18. The summed E-state index contributed by atoms with van der Waals surface area (Å²) in [6.45, 7) is 2.76. The molecule has 0 saturated carbocycles. The second kappa shape index (κ2) is 4.39. The minimum Gasteiger partial charge on any atom is -0.296 e. The zero-order valence-electron chi connectivity index (χ0n) is 8.99. The molecule has 0 fully saturated rings. The molecule has 1 aliphatic heterocycles. The Labute approximate surface area is 94.9 Å². The molecule has 3 nitrogen and oxygen atoms in total. The molecule has 0 saturated heterocycles. The van der Waals surface area contributed by atoms with E-state index < -0.39 is 0 Å². The standard InChI is InChI=1S/C11H16N2OS/c1-8-9(5-7-15)11(14)13-6-3-2-4-10(13)12-8/h15H,2-7H2,1H3. The highest BCUT2D eigenvalue weighted by Crippen LogP contribution is 2.12. The zero-order valence-corrected chi connectivity index (χ0v) is 9.89. The van der Waals surface area contributed by atoms with Crippen LogP contribution in [-0.4, -0.2) is 15.3 Å². The van der Waals surface area contributed by atoms with Crippen molar-refractivity contribution in [2.24, 2.45) is 0 Å². The normalized spacial score (nSPS) is 15.1. The molecule has 0 N–H and O–H groups in total. The van der Waals surface area contributed by atoms with E-state index in [0.29, 0.717) is 5.75 Å². The molecule has 82 valence electrons. The summed E-state index contributed by atoms with van der Waals surface area (Å²) in [6, 6.07) is 0. The molecule has 1 aromatic rings. The maximum absolute atomic E-state index is 12.1. The van der Waals surface area contributed by atoms with Gasteiger partial charge in [-0.05, 0) is 31.9 Å². The van der Waals surface area contributed by atoms with Crippen molar-refractivity contribution in [2.45, 2.75) is 39.2 Å². The van der Waals surface area contributed by atoms with Crippen LogP contribution in [0.15, 0.2) is 4.79 Å². The molecule has 4 heteroatoms. The highest BCUT2D eigenvalue weighted by Gasteiger charge is 2.15. The number of thiol groups is 1. The predicted molar refractivity (Wildman–Crippen MR) is 63.7 cm³/mol. The average Bonchev–Trinajstić information content (AvgIpc) is 2.24. The van der Waals surface area contributed by atoms with E-state index in [2.05, 4.69) is 17.6 Å². The van der Waals surface area contributed by atoms with Crippen LogP contribution >= 0.6 is 12.6 Å². The van der Waals surface area contributed by atoms with Gasteiger partial charge in [-0.25, -0.2) is 4.98 Å². The quantitative estimate of drug-likeness (QED) is 0.770. The number of aryl methyl sites for hydroxylation is 2. The van der Waals surface area contributed by atoms with Gasteiger partial charge in [-0.15, -0.1) is 0 Å². The minimum atomic E-state index is 0.159. The lowest BCUT2D eigenvalue weighted by molar-refractivity contribution is 0.490. The first-order chi connectivity index (χ1) is 7.24. The van der Waals surface area contributed by atoms with Crippen molar-refractivity contribution in [1.29, 1.82) is 0 Å².